The van der Waals surface area contributed by atoms with E-state index in [0.29, 0.717) is 27.4 Å². The van der Waals surface area contributed by atoms with Gasteiger partial charge in [-0.1, -0.05) is 53.4 Å². The van der Waals surface area contributed by atoms with Gasteiger partial charge in [-0.05, 0) is 26.3 Å². The molecule has 4 aromatic rings. The Hall–Kier alpha value is -3.02. The normalized spacial score (nSPS) is 11.0. The highest BCUT2D eigenvalue weighted by molar-refractivity contribution is 7.99. The molecule has 0 saturated heterocycles. The van der Waals surface area contributed by atoms with Crippen molar-refractivity contribution < 1.29 is 9.59 Å². The Morgan fingerprint density at radius 3 is 2.57 bits per heavy atom. The Labute approximate surface area is 216 Å². The molecule has 0 atom stereocenters. The molecule has 0 bridgehead atoms. The van der Waals surface area contributed by atoms with Crippen LogP contribution in [0.4, 0.5) is 5.13 Å². The number of nitrogens with zero attached hydrogens (tertiary/aromatic N) is 5. The third-order valence-corrected chi connectivity index (χ3v) is 8.23. The van der Waals surface area contributed by atoms with Crippen LogP contribution < -0.4 is 5.32 Å². The molecule has 182 valence electrons. The molecule has 0 saturated carbocycles. The van der Waals surface area contributed by atoms with Crippen LogP contribution in [0, 0.1) is 13.8 Å². The molecule has 0 spiro atoms. The van der Waals surface area contributed by atoms with E-state index in [4.69, 9.17) is 0 Å². The quantitative estimate of drug-likeness (QED) is 0.317. The van der Waals surface area contributed by atoms with Gasteiger partial charge in [0, 0.05) is 42.0 Å². The molecule has 35 heavy (non-hydrogen) atoms. The summed E-state index contributed by atoms with van der Waals surface area (Å²) in [7, 11) is 3.38. The predicted molar refractivity (Wildman–Crippen MR) is 143 cm³/mol. The molecular formula is C24H26N6O2S3. The van der Waals surface area contributed by atoms with Gasteiger partial charge in [-0.2, -0.15) is 0 Å². The topological polar surface area (TPSA) is 93.0 Å². The van der Waals surface area contributed by atoms with Gasteiger partial charge >= 0.3 is 0 Å². The molecule has 0 unspecified atom stereocenters. The first-order valence-electron chi connectivity index (χ1n) is 11.0. The minimum atomic E-state index is -0.212. The van der Waals surface area contributed by atoms with Gasteiger partial charge in [0.05, 0.1) is 11.4 Å². The Bertz CT molecular complexity index is 1360. The summed E-state index contributed by atoms with van der Waals surface area (Å²) in [5.74, 6) is 0.608. The molecule has 0 fully saturated rings. The molecule has 2 amide bonds. The summed E-state index contributed by atoms with van der Waals surface area (Å²) in [6.45, 7) is 6.59. The van der Waals surface area contributed by atoms with Crippen molar-refractivity contribution in [1.29, 1.82) is 0 Å². The highest BCUT2D eigenvalue weighted by atomic mass is 32.2. The lowest BCUT2D eigenvalue weighted by atomic mass is 10.0. The summed E-state index contributed by atoms with van der Waals surface area (Å²) in [6, 6.07) is 10.3. The van der Waals surface area contributed by atoms with Crippen molar-refractivity contribution >= 4 is 51.4 Å². The molecule has 3 aromatic heterocycles. The molecule has 0 radical (unpaired) electrons. The van der Waals surface area contributed by atoms with Crippen LogP contribution in [0.1, 0.15) is 27.2 Å². The number of thiophene rings is 1. The second kappa shape index (κ2) is 10.7. The van der Waals surface area contributed by atoms with Crippen molar-refractivity contribution in [3.63, 3.8) is 0 Å². The Kier molecular flexibility index (Phi) is 7.68. The molecule has 4 rings (SSSR count). The maximum absolute atomic E-state index is 12.6. The van der Waals surface area contributed by atoms with E-state index in [1.807, 2.05) is 29.7 Å². The first-order chi connectivity index (χ1) is 16.8. The number of hydrogen-bond donors (Lipinski definition) is 1. The first-order valence-corrected chi connectivity index (χ1v) is 13.7. The van der Waals surface area contributed by atoms with Crippen LogP contribution in [0.3, 0.4) is 0 Å². The lowest BCUT2D eigenvalue weighted by molar-refractivity contribution is -0.113. The van der Waals surface area contributed by atoms with E-state index < -0.39 is 0 Å². The van der Waals surface area contributed by atoms with Crippen molar-refractivity contribution in [3.05, 3.63) is 51.2 Å². The van der Waals surface area contributed by atoms with E-state index >= 15 is 0 Å². The number of rotatable bonds is 8. The summed E-state index contributed by atoms with van der Waals surface area (Å²) < 4.78 is 2.03. The van der Waals surface area contributed by atoms with Gasteiger partial charge in [-0.3, -0.25) is 9.59 Å². The van der Waals surface area contributed by atoms with Crippen LogP contribution in [0.15, 0.2) is 40.9 Å². The number of amides is 2. The van der Waals surface area contributed by atoms with Crippen LogP contribution in [-0.4, -0.2) is 56.3 Å². The molecule has 11 heteroatoms. The van der Waals surface area contributed by atoms with Crippen molar-refractivity contribution in [2.45, 2.75) is 32.5 Å². The average molecular weight is 527 g/mol. The number of aryl methyl sites for hydroxylation is 2. The van der Waals surface area contributed by atoms with Crippen LogP contribution in [0.25, 0.3) is 22.5 Å². The van der Waals surface area contributed by atoms with E-state index in [1.165, 1.54) is 32.9 Å². The number of carbonyl (C=O) groups is 2. The molecule has 1 N–H and O–H groups in total. The smallest absolute Gasteiger partial charge is 0.265 e. The van der Waals surface area contributed by atoms with Crippen molar-refractivity contribution in [2.75, 3.05) is 25.2 Å². The maximum Gasteiger partial charge on any atom is 0.265 e. The van der Waals surface area contributed by atoms with Gasteiger partial charge in [0.1, 0.15) is 4.88 Å². The molecule has 0 aliphatic heterocycles. The summed E-state index contributed by atoms with van der Waals surface area (Å²) in [4.78, 5) is 32.4. The van der Waals surface area contributed by atoms with Gasteiger partial charge in [0.15, 0.2) is 16.1 Å². The molecule has 3 heterocycles. The molecule has 0 aliphatic carbocycles. The number of hydrogen-bond acceptors (Lipinski definition) is 8. The summed E-state index contributed by atoms with van der Waals surface area (Å²) in [6.07, 6.45) is 0. The number of anilines is 1. The summed E-state index contributed by atoms with van der Waals surface area (Å²) in [5.41, 5.74) is 3.95. The van der Waals surface area contributed by atoms with Crippen molar-refractivity contribution in [3.8, 4) is 22.5 Å². The standard InChI is InChI=1S/C24H26N6O2S3/c1-6-30-21(17-12-33-15(3)19(17)16-10-8-7-9-11-16)27-28-24(30)34-13-18(31)26-23-25-14(2)20(35-23)22(32)29(4)5/h7-12H,6,13H2,1-5H3,(H,25,26,31). The maximum atomic E-state index is 12.6. The Morgan fingerprint density at radius 2 is 1.89 bits per heavy atom. The van der Waals surface area contributed by atoms with E-state index in [9.17, 15) is 9.59 Å². The number of carbonyl (C=O) groups excluding carboxylic acids is 2. The third-order valence-electron chi connectivity index (χ3n) is 5.29. The number of aromatic nitrogens is 4. The van der Waals surface area contributed by atoms with Gasteiger partial charge in [-0.15, -0.1) is 21.5 Å². The van der Waals surface area contributed by atoms with E-state index in [-0.39, 0.29) is 17.6 Å². The minimum absolute atomic E-state index is 0.128. The van der Waals surface area contributed by atoms with Crippen molar-refractivity contribution in [2.24, 2.45) is 0 Å². The van der Waals surface area contributed by atoms with Gasteiger partial charge in [-0.25, -0.2) is 4.98 Å². The van der Waals surface area contributed by atoms with Crippen LogP contribution in [-0.2, 0) is 11.3 Å². The van der Waals surface area contributed by atoms with E-state index in [2.05, 4.69) is 44.9 Å². The summed E-state index contributed by atoms with van der Waals surface area (Å²) >= 11 is 4.20. The molecule has 1 aromatic carbocycles. The third kappa shape index (κ3) is 5.31. The monoisotopic (exact) mass is 526 g/mol. The highest BCUT2D eigenvalue weighted by Gasteiger charge is 2.21. The molecular weight excluding hydrogens is 501 g/mol. The van der Waals surface area contributed by atoms with Gasteiger partial charge < -0.3 is 14.8 Å². The number of benzene rings is 1. The highest BCUT2D eigenvalue weighted by Crippen LogP contribution is 2.39. The largest absolute Gasteiger partial charge is 0.344 e. The van der Waals surface area contributed by atoms with Crippen molar-refractivity contribution in [1.82, 2.24) is 24.6 Å². The fourth-order valence-electron chi connectivity index (χ4n) is 3.60. The van der Waals surface area contributed by atoms with Crippen LogP contribution >= 0.6 is 34.4 Å². The van der Waals surface area contributed by atoms with Crippen LogP contribution in [0.2, 0.25) is 0 Å². The minimum Gasteiger partial charge on any atom is -0.344 e. The molecule has 0 aliphatic rings. The predicted octanol–water partition coefficient (Wildman–Crippen LogP) is 5.20. The number of nitrogens with one attached hydrogen (secondary N) is 1. The zero-order valence-corrected chi connectivity index (χ0v) is 22.6. The Balaban J connectivity index is 1.49. The lowest BCUT2D eigenvalue weighted by Crippen LogP contribution is -2.21. The second-order valence-corrected chi connectivity index (χ2v) is 11.0. The zero-order valence-electron chi connectivity index (χ0n) is 20.2. The number of thioether (sulfide) groups is 1. The van der Waals surface area contributed by atoms with Gasteiger partial charge in [0.25, 0.3) is 5.91 Å². The number of thiazole rings is 1. The lowest BCUT2D eigenvalue weighted by Gasteiger charge is -2.09. The second-order valence-electron chi connectivity index (χ2n) is 7.97. The van der Waals surface area contributed by atoms with E-state index in [1.54, 1.807) is 32.4 Å². The van der Waals surface area contributed by atoms with Crippen LogP contribution in [0.5, 0.6) is 0 Å². The Morgan fingerprint density at radius 1 is 1.14 bits per heavy atom. The summed E-state index contributed by atoms with van der Waals surface area (Å²) in [5, 5.41) is 14.9. The zero-order chi connectivity index (χ0) is 25.1. The molecule has 8 nitrogen and oxygen atoms in total. The first kappa shape index (κ1) is 25.1. The fourth-order valence-corrected chi connectivity index (χ4v) is 6.27. The van der Waals surface area contributed by atoms with Gasteiger partial charge in [0.2, 0.25) is 5.91 Å². The SMILES string of the molecule is CCn1c(SCC(=O)Nc2nc(C)c(C(=O)N(C)C)s2)nnc1-c1csc(C)c1-c1ccccc1. The fraction of sp³-hybridized carbons (Fsp3) is 0.292. The average Bonchev–Trinajstić information content (AvgIpc) is 3.53. The van der Waals surface area contributed by atoms with E-state index in [0.717, 1.165) is 22.5 Å².